The molecule has 3 aromatic rings. The van der Waals surface area contributed by atoms with Crippen LogP contribution in [0, 0.1) is 0 Å². The Bertz CT molecular complexity index is 1020. The number of amides is 1. The fraction of sp³-hybridized carbons (Fsp3) is 0.150. The minimum absolute atomic E-state index is 0.161. The third kappa shape index (κ3) is 6.10. The molecule has 3 rings (SSSR count). The van der Waals surface area contributed by atoms with Crippen LogP contribution in [0.4, 0.5) is 0 Å². The molecule has 9 heteroatoms. The molecular weight excluding hydrogens is 452 g/mol. The largest absolute Gasteiger partial charge is 0.298 e. The number of hydrogen-bond acceptors (Lipinski definition) is 6. The van der Waals surface area contributed by atoms with Crippen LogP contribution in [0.2, 0.25) is 0 Å². The van der Waals surface area contributed by atoms with Crippen molar-refractivity contribution in [3.63, 3.8) is 0 Å². The van der Waals surface area contributed by atoms with Crippen LogP contribution in [-0.2, 0) is 11.3 Å². The predicted molar refractivity (Wildman–Crippen MR) is 119 cm³/mol. The van der Waals surface area contributed by atoms with Gasteiger partial charge in [-0.1, -0.05) is 58.0 Å². The predicted octanol–water partition coefficient (Wildman–Crippen LogP) is 3.92. The maximum atomic E-state index is 12.1. The zero-order chi connectivity index (χ0) is 20.6. The second kappa shape index (κ2) is 10.1. The van der Waals surface area contributed by atoms with Gasteiger partial charge in [-0.25, -0.2) is 5.43 Å². The number of allylic oxidation sites excluding steroid dienone is 1. The molecule has 7 nitrogen and oxygen atoms in total. The van der Waals surface area contributed by atoms with Gasteiger partial charge in [-0.05, 0) is 31.2 Å². The molecule has 148 valence electrons. The highest BCUT2D eigenvalue weighted by Gasteiger charge is 2.15. The second-order valence-electron chi connectivity index (χ2n) is 6.19. The third-order valence-electron chi connectivity index (χ3n) is 3.65. The average molecular weight is 471 g/mol. The molecule has 0 atom stereocenters. The lowest BCUT2D eigenvalue weighted by Gasteiger charge is -2.10. The van der Waals surface area contributed by atoms with Crippen LogP contribution in [0.25, 0.3) is 11.4 Å². The molecule has 0 fully saturated rings. The fourth-order valence-corrected chi connectivity index (χ4v) is 3.40. The maximum Gasteiger partial charge on any atom is 0.250 e. The van der Waals surface area contributed by atoms with Crippen molar-refractivity contribution in [2.75, 3.05) is 5.75 Å². The summed E-state index contributed by atoms with van der Waals surface area (Å²) in [7, 11) is 0. The normalized spacial score (nSPS) is 11.0. The smallest absolute Gasteiger partial charge is 0.250 e. The van der Waals surface area contributed by atoms with E-state index >= 15 is 0 Å². The van der Waals surface area contributed by atoms with Crippen LogP contribution in [0.15, 0.2) is 75.5 Å². The topological polar surface area (TPSA) is 85.1 Å². The number of thioether (sulfide) groups is 1. The number of hydrogen-bond donors (Lipinski definition) is 1. The van der Waals surface area contributed by atoms with Crippen LogP contribution in [-0.4, -0.2) is 37.6 Å². The molecule has 1 aromatic carbocycles. The molecule has 0 aliphatic carbocycles. The van der Waals surface area contributed by atoms with E-state index in [1.54, 1.807) is 12.3 Å². The zero-order valence-electron chi connectivity index (χ0n) is 15.7. The van der Waals surface area contributed by atoms with E-state index in [0.29, 0.717) is 17.4 Å². The van der Waals surface area contributed by atoms with E-state index in [4.69, 9.17) is 0 Å². The van der Waals surface area contributed by atoms with Gasteiger partial charge in [0.2, 0.25) is 0 Å². The quantitative estimate of drug-likeness (QED) is 0.233. The number of aromatic nitrogens is 4. The number of nitrogens with zero attached hydrogens (tertiary/aromatic N) is 5. The molecule has 0 unspecified atom stereocenters. The summed E-state index contributed by atoms with van der Waals surface area (Å²) in [6.07, 6.45) is 3.16. The summed E-state index contributed by atoms with van der Waals surface area (Å²) in [6, 6.07) is 13.3. The highest BCUT2D eigenvalue weighted by atomic mass is 79.9. The van der Waals surface area contributed by atoms with Crippen LogP contribution < -0.4 is 5.43 Å². The first-order chi connectivity index (χ1) is 14.0. The summed E-state index contributed by atoms with van der Waals surface area (Å²) in [6.45, 7) is 6.50. The van der Waals surface area contributed by atoms with E-state index in [1.807, 2.05) is 47.9 Å². The van der Waals surface area contributed by atoms with Gasteiger partial charge < -0.3 is 0 Å². The standard InChI is InChI=1S/C20H19BrN6OS/c1-14(2)12-27-19(15-6-8-16(21)9-7-15)25-26-20(27)29-13-18(28)24-23-11-17-5-3-4-10-22-17/h3-11H,1,12-13H2,2H3,(H,24,28). The summed E-state index contributed by atoms with van der Waals surface area (Å²) in [5.41, 5.74) is 5.07. The minimum Gasteiger partial charge on any atom is -0.298 e. The molecule has 2 heterocycles. The van der Waals surface area contributed by atoms with Crippen molar-refractivity contribution in [3.05, 3.63) is 71.0 Å². The van der Waals surface area contributed by atoms with Crippen LogP contribution in [0.3, 0.4) is 0 Å². The molecule has 0 saturated heterocycles. The third-order valence-corrected chi connectivity index (χ3v) is 5.15. The van der Waals surface area contributed by atoms with E-state index in [-0.39, 0.29) is 11.7 Å². The number of nitrogens with one attached hydrogen (secondary N) is 1. The molecule has 0 aliphatic heterocycles. The Morgan fingerprint density at radius 2 is 2.07 bits per heavy atom. The highest BCUT2D eigenvalue weighted by molar-refractivity contribution is 9.10. The van der Waals surface area contributed by atoms with Gasteiger partial charge in [-0.3, -0.25) is 14.3 Å². The lowest BCUT2D eigenvalue weighted by Crippen LogP contribution is -2.20. The van der Waals surface area contributed by atoms with E-state index in [1.165, 1.54) is 18.0 Å². The van der Waals surface area contributed by atoms with Crippen LogP contribution in [0.1, 0.15) is 12.6 Å². The molecule has 0 aliphatic rings. The van der Waals surface area contributed by atoms with Crippen molar-refractivity contribution in [1.29, 1.82) is 0 Å². The van der Waals surface area contributed by atoms with Crippen molar-refractivity contribution >= 4 is 39.8 Å². The molecular formula is C20H19BrN6OS. The number of benzene rings is 1. The Morgan fingerprint density at radius 3 is 2.76 bits per heavy atom. The fourth-order valence-electron chi connectivity index (χ4n) is 2.41. The van der Waals surface area contributed by atoms with Crippen molar-refractivity contribution < 1.29 is 4.79 Å². The van der Waals surface area contributed by atoms with E-state index in [9.17, 15) is 4.79 Å². The van der Waals surface area contributed by atoms with Gasteiger partial charge >= 0.3 is 0 Å². The Balaban J connectivity index is 1.66. The summed E-state index contributed by atoms with van der Waals surface area (Å²) < 4.78 is 2.95. The van der Waals surface area contributed by atoms with Gasteiger partial charge in [0.15, 0.2) is 11.0 Å². The summed E-state index contributed by atoms with van der Waals surface area (Å²) in [5, 5.41) is 13.1. The molecule has 0 bridgehead atoms. The van der Waals surface area contributed by atoms with Gasteiger partial charge in [-0.2, -0.15) is 5.10 Å². The molecule has 29 heavy (non-hydrogen) atoms. The number of halogens is 1. The second-order valence-corrected chi connectivity index (χ2v) is 8.05. The number of carbonyl (C=O) groups is 1. The summed E-state index contributed by atoms with van der Waals surface area (Å²) >= 11 is 4.74. The van der Waals surface area contributed by atoms with E-state index in [0.717, 1.165) is 21.4 Å². The van der Waals surface area contributed by atoms with Crippen molar-refractivity contribution in [2.24, 2.45) is 5.10 Å². The van der Waals surface area contributed by atoms with Gasteiger partial charge in [0.05, 0.1) is 17.7 Å². The lowest BCUT2D eigenvalue weighted by atomic mass is 10.2. The monoisotopic (exact) mass is 470 g/mol. The van der Waals surface area contributed by atoms with Crippen LogP contribution >= 0.6 is 27.7 Å². The van der Waals surface area contributed by atoms with E-state index in [2.05, 4.69) is 48.2 Å². The maximum absolute atomic E-state index is 12.1. The van der Waals surface area contributed by atoms with Crippen LogP contribution in [0.5, 0.6) is 0 Å². The summed E-state index contributed by atoms with van der Waals surface area (Å²) in [4.78, 5) is 16.2. The van der Waals surface area contributed by atoms with Gasteiger partial charge in [0.1, 0.15) is 0 Å². The highest BCUT2D eigenvalue weighted by Crippen LogP contribution is 2.26. The molecule has 2 aromatic heterocycles. The first kappa shape index (κ1) is 20.9. The summed E-state index contributed by atoms with van der Waals surface area (Å²) in [5.74, 6) is 0.655. The van der Waals surface area contributed by atoms with Crippen molar-refractivity contribution in [1.82, 2.24) is 25.2 Å². The Kier molecular flexibility index (Phi) is 7.31. The SMILES string of the molecule is C=C(C)Cn1c(SCC(=O)NN=Cc2ccccn2)nnc1-c1ccc(Br)cc1. The number of hydrazone groups is 1. The molecule has 1 N–H and O–H groups in total. The average Bonchev–Trinajstić information content (AvgIpc) is 3.09. The first-order valence-electron chi connectivity index (χ1n) is 8.72. The lowest BCUT2D eigenvalue weighted by molar-refractivity contribution is -0.118. The van der Waals surface area contributed by atoms with Crippen molar-refractivity contribution in [3.8, 4) is 11.4 Å². The van der Waals surface area contributed by atoms with Gasteiger partial charge in [0, 0.05) is 22.8 Å². The number of rotatable bonds is 8. The Labute approximate surface area is 181 Å². The molecule has 0 saturated carbocycles. The minimum atomic E-state index is -0.239. The van der Waals surface area contributed by atoms with Gasteiger partial charge in [-0.15, -0.1) is 10.2 Å². The first-order valence-corrected chi connectivity index (χ1v) is 10.5. The number of carbonyl (C=O) groups excluding carboxylic acids is 1. The Morgan fingerprint density at radius 1 is 1.28 bits per heavy atom. The molecule has 0 spiro atoms. The zero-order valence-corrected chi connectivity index (χ0v) is 18.2. The molecule has 1 amide bonds. The Hall–Kier alpha value is -2.78. The van der Waals surface area contributed by atoms with Gasteiger partial charge in [0.25, 0.3) is 5.91 Å². The van der Waals surface area contributed by atoms with E-state index < -0.39 is 0 Å². The molecule has 0 radical (unpaired) electrons. The van der Waals surface area contributed by atoms with Crippen molar-refractivity contribution in [2.45, 2.75) is 18.6 Å². The number of pyridine rings is 1.